The van der Waals surface area contributed by atoms with Gasteiger partial charge in [0.25, 0.3) is 0 Å². The van der Waals surface area contributed by atoms with E-state index in [1.165, 1.54) is 5.56 Å². The van der Waals surface area contributed by atoms with Crippen LogP contribution in [0.5, 0.6) is 0 Å². The average molecular weight is 290 g/mol. The summed E-state index contributed by atoms with van der Waals surface area (Å²) in [4.78, 5) is 16.5. The lowest BCUT2D eigenvalue weighted by Crippen LogP contribution is -2.09. The number of nitrogens with zero attached hydrogens (tertiary/aromatic N) is 2. The van der Waals surface area contributed by atoms with Gasteiger partial charge in [0.15, 0.2) is 5.78 Å². The second kappa shape index (κ2) is 6.85. The van der Waals surface area contributed by atoms with Crippen molar-refractivity contribution < 1.29 is 4.79 Å². The first-order valence-electron chi connectivity index (χ1n) is 7.44. The Balaban J connectivity index is 1.57. The lowest BCUT2D eigenvalue weighted by Gasteiger charge is -2.02. The van der Waals surface area contributed by atoms with E-state index in [9.17, 15) is 4.79 Å². The van der Waals surface area contributed by atoms with E-state index in [2.05, 4.69) is 17.1 Å². The van der Waals surface area contributed by atoms with E-state index in [1.54, 1.807) is 6.33 Å². The number of rotatable bonds is 6. The first-order chi connectivity index (χ1) is 10.8. The highest BCUT2D eigenvalue weighted by Crippen LogP contribution is 2.16. The highest BCUT2D eigenvalue weighted by atomic mass is 16.1. The molecule has 0 saturated carbocycles. The molecule has 0 radical (unpaired) electrons. The van der Waals surface area contributed by atoms with Gasteiger partial charge in [0, 0.05) is 18.2 Å². The Morgan fingerprint density at radius 2 is 1.64 bits per heavy atom. The van der Waals surface area contributed by atoms with Crippen molar-refractivity contribution in [2.45, 2.75) is 19.4 Å². The van der Waals surface area contributed by atoms with Gasteiger partial charge >= 0.3 is 0 Å². The SMILES string of the molecule is O=C(CCc1ccccc1)Cn1cnc(-c2ccccc2)c1. The van der Waals surface area contributed by atoms with Crippen LogP contribution < -0.4 is 0 Å². The van der Waals surface area contributed by atoms with Gasteiger partial charge in [0.2, 0.25) is 0 Å². The smallest absolute Gasteiger partial charge is 0.152 e. The fourth-order valence-corrected chi connectivity index (χ4v) is 2.42. The number of Topliss-reactive ketones (excluding diaryl/α,β-unsaturated/α-hetero) is 1. The van der Waals surface area contributed by atoms with E-state index in [-0.39, 0.29) is 5.78 Å². The average Bonchev–Trinajstić information content (AvgIpc) is 3.03. The number of carbonyl (C=O) groups excluding carboxylic acids is 1. The Hall–Kier alpha value is -2.68. The largest absolute Gasteiger partial charge is 0.329 e. The van der Waals surface area contributed by atoms with E-state index >= 15 is 0 Å². The van der Waals surface area contributed by atoms with Gasteiger partial charge in [-0.25, -0.2) is 4.98 Å². The van der Waals surface area contributed by atoms with Crippen molar-refractivity contribution in [3.63, 3.8) is 0 Å². The zero-order valence-electron chi connectivity index (χ0n) is 12.4. The summed E-state index contributed by atoms with van der Waals surface area (Å²) in [6.45, 7) is 0.382. The molecule has 1 aromatic heterocycles. The Bertz CT molecular complexity index is 732. The predicted octanol–water partition coefficient (Wildman–Crippen LogP) is 3.75. The molecule has 110 valence electrons. The minimum atomic E-state index is 0.223. The monoisotopic (exact) mass is 290 g/mol. The maximum absolute atomic E-state index is 12.1. The molecule has 0 bridgehead atoms. The Kier molecular flexibility index (Phi) is 4.44. The number of imidazole rings is 1. The summed E-state index contributed by atoms with van der Waals surface area (Å²) < 4.78 is 1.86. The van der Waals surface area contributed by atoms with Gasteiger partial charge in [-0.05, 0) is 12.0 Å². The number of hydrogen-bond donors (Lipinski definition) is 0. The van der Waals surface area contributed by atoms with E-state index in [1.807, 2.05) is 59.3 Å². The van der Waals surface area contributed by atoms with Crippen LogP contribution in [0.25, 0.3) is 11.3 Å². The quantitative estimate of drug-likeness (QED) is 0.693. The first-order valence-corrected chi connectivity index (χ1v) is 7.44. The molecule has 0 aliphatic carbocycles. The van der Waals surface area contributed by atoms with Crippen molar-refractivity contribution in [2.75, 3.05) is 0 Å². The standard InChI is InChI=1S/C19H18N2O/c22-18(12-11-16-7-3-1-4-8-16)13-21-14-19(20-15-21)17-9-5-2-6-10-17/h1-10,14-15H,11-13H2. The molecular formula is C19H18N2O. The molecular weight excluding hydrogens is 272 g/mol. The lowest BCUT2D eigenvalue weighted by molar-refractivity contribution is -0.119. The Morgan fingerprint density at radius 3 is 2.36 bits per heavy atom. The normalized spacial score (nSPS) is 10.5. The first kappa shape index (κ1) is 14.3. The molecule has 0 spiro atoms. The van der Waals surface area contributed by atoms with Gasteiger partial charge in [0.05, 0.1) is 18.6 Å². The van der Waals surface area contributed by atoms with Crippen molar-refractivity contribution in [1.29, 1.82) is 0 Å². The molecule has 3 aromatic rings. The van der Waals surface area contributed by atoms with Crippen LogP contribution >= 0.6 is 0 Å². The highest BCUT2D eigenvalue weighted by Gasteiger charge is 2.06. The van der Waals surface area contributed by atoms with Crippen molar-refractivity contribution in [2.24, 2.45) is 0 Å². The van der Waals surface area contributed by atoms with Crippen molar-refractivity contribution in [1.82, 2.24) is 9.55 Å². The maximum Gasteiger partial charge on any atom is 0.152 e. The fourth-order valence-electron chi connectivity index (χ4n) is 2.42. The third-order valence-electron chi connectivity index (χ3n) is 3.60. The van der Waals surface area contributed by atoms with E-state index in [4.69, 9.17) is 0 Å². The Morgan fingerprint density at radius 1 is 0.955 bits per heavy atom. The van der Waals surface area contributed by atoms with Crippen LogP contribution in [0.2, 0.25) is 0 Å². The number of carbonyl (C=O) groups is 1. The summed E-state index contributed by atoms with van der Waals surface area (Å²) in [5, 5.41) is 0. The number of aromatic nitrogens is 2. The topological polar surface area (TPSA) is 34.9 Å². The minimum absolute atomic E-state index is 0.223. The van der Waals surface area contributed by atoms with Crippen LogP contribution in [0.4, 0.5) is 0 Å². The number of ketones is 1. The zero-order chi connectivity index (χ0) is 15.2. The second-order valence-electron chi connectivity index (χ2n) is 5.32. The molecule has 0 saturated heterocycles. The van der Waals surface area contributed by atoms with Gasteiger partial charge in [-0.15, -0.1) is 0 Å². The van der Waals surface area contributed by atoms with Crippen LogP contribution in [0.15, 0.2) is 73.2 Å². The molecule has 0 unspecified atom stereocenters. The highest BCUT2D eigenvalue weighted by molar-refractivity contribution is 5.78. The van der Waals surface area contributed by atoms with E-state index in [0.717, 1.165) is 17.7 Å². The number of hydrogen-bond acceptors (Lipinski definition) is 2. The summed E-state index contributed by atoms with van der Waals surface area (Å²) >= 11 is 0. The number of benzene rings is 2. The molecule has 0 amide bonds. The van der Waals surface area contributed by atoms with Crippen LogP contribution in [-0.4, -0.2) is 15.3 Å². The van der Waals surface area contributed by atoms with Crippen molar-refractivity contribution >= 4 is 5.78 Å². The molecule has 3 heteroatoms. The molecule has 2 aromatic carbocycles. The van der Waals surface area contributed by atoms with Crippen LogP contribution in [-0.2, 0) is 17.8 Å². The van der Waals surface area contributed by atoms with Crippen molar-refractivity contribution in [3.05, 3.63) is 78.8 Å². The van der Waals surface area contributed by atoms with Crippen LogP contribution in [0.1, 0.15) is 12.0 Å². The van der Waals surface area contributed by atoms with Crippen LogP contribution in [0.3, 0.4) is 0 Å². The third kappa shape index (κ3) is 3.70. The summed E-state index contributed by atoms with van der Waals surface area (Å²) in [6.07, 6.45) is 5.00. The molecule has 3 rings (SSSR count). The molecule has 3 nitrogen and oxygen atoms in total. The van der Waals surface area contributed by atoms with E-state index in [0.29, 0.717) is 13.0 Å². The maximum atomic E-state index is 12.1. The molecule has 22 heavy (non-hydrogen) atoms. The molecule has 0 aliphatic rings. The Labute approximate surface area is 130 Å². The van der Waals surface area contributed by atoms with Crippen LogP contribution in [0, 0.1) is 0 Å². The number of aryl methyl sites for hydroxylation is 1. The molecule has 0 fully saturated rings. The molecule has 0 atom stereocenters. The molecule has 0 aliphatic heterocycles. The fraction of sp³-hybridized carbons (Fsp3) is 0.158. The lowest BCUT2D eigenvalue weighted by atomic mass is 10.1. The van der Waals surface area contributed by atoms with Crippen molar-refractivity contribution in [3.8, 4) is 11.3 Å². The summed E-state index contributed by atoms with van der Waals surface area (Å²) in [5.74, 6) is 0.223. The van der Waals surface area contributed by atoms with Gasteiger partial charge in [0.1, 0.15) is 0 Å². The zero-order valence-corrected chi connectivity index (χ0v) is 12.4. The third-order valence-corrected chi connectivity index (χ3v) is 3.60. The molecule has 1 heterocycles. The predicted molar refractivity (Wildman–Crippen MR) is 87.4 cm³/mol. The van der Waals surface area contributed by atoms with Gasteiger partial charge < -0.3 is 4.57 Å². The van der Waals surface area contributed by atoms with Gasteiger partial charge in [-0.1, -0.05) is 60.7 Å². The summed E-state index contributed by atoms with van der Waals surface area (Å²) in [5.41, 5.74) is 3.17. The second-order valence-corrected chi connectivity index (χ2v) is 5.32. The van der Waals surface area contributed by atoms with E-state index < -0.39 is 0 Å². The molecule has 0 N–H and O–H groups in total. The van der Waals surface area contributed by atoms with Gasteiger partial charge in [-0.2, -0.15) is 0 Å². The summed E-state index contributed by atoms with van der Waals surface area (Å²) in [7, 11) is 0. The van der Waals surface area contributed by atoms with Gasteiger partial charge in [-0.3, -0.25) is 4.79 Å². The minimum Gasteiger partial charge on any atom is -0.329 e. The summed E-state index contributed by atoms with van der Waals surface area (Å²) in [6, 6.07) is 20.1.